The summed E-state index contributed by atoms with van der Waals surface area (Å²) < 4.78 is 0. The van der Waals surface area contributed by atoms with Crippen LogP contribution in [0, 0.1) is 23.7 Å². The van der Waals surface area contributed by atoms with Crippen molar-refractivity contribution in [3.8, 4) is 33.4 Å². The van der Waals surface area contributed by atoms with Crippen LogP contribution in [-0.4, -0.2) is 0 Å². The molecule has 0 saturated heterocycles. The van der Waals surface area contributed by atoms with Gasteiger partial charge in [0.05, 0.1) is 0 Å². The predicted molar refractivity (Wildman–Crippen MR) is 213 cm³/mol. The van der Waals surface area contributed by atoms with Gasteiger partial charge in [-0.25, -0.2) is 0 Å². The van der Waals surface area contributed by atoms with Gasteiger partial charge in [0.25, 0.3) is 0 Å². The highest BCUT2D eigenvalue weighted by molar-refractivity contribution is 5.94. The summed E-state index contributed by atoms with van der Waals surface area (Å²) in [5, 5.41) is 2.50. The molecule has 0 atom stereocenters. The van der Waals surface area contributed by atoms with Crippen molar-refractivity contribution in [1.29, 1.82) is 0 Å². The molecule has 0 N–H and O–H groups in total. The summed E-state index contributed by atoms with van der Waals surface area (Å²) in [6, 6.07) is 61.2. The third kappa shape index (κ3) is 4.40. The summed E-state index contributed by atoms with van der Waals surface area (Å²) in [6.45, 7) is 0. The minimum atomic E-state index is 0.189. The van der Waals surface area contributed by atoms with Crippen LogP contribution >= 0.6 is 0 Å². The van der Waals surface area contributed by atoms with Crippen molar-refractivity contribution in [1.82, 2.24) is 0 Å². The van der Waals surface area contributed by atoms with E-state index in [1.54, 1.807) is 11.1 Å². The molecular formula is C50H41N. The standard InChI is InChI=1S/C50H41N/c1-2-9-35(10-3-1)37-17-22-42(23-18-37)51(44-26-19-36-11-4-5-12-39(36)32-44)43-24-20-38(21-25-43)45-14-8-16-48-49(45)46-13-6-7-15-47(46)50(48)40-28-33-27-34(30-40)31-41(50)29-33/h1-26,32-34,40-41H,27-31H2. The number of anilines is 3. The molecule has 0 heterocycles. The lowest BCUT2D eigenvalue weighted by Crippen LogP contribution is -2.55. The second-order valence-electron chi connectivity index (χ2n) is 15.8. The van der Waals surface area contributed by atoms with Gasteiger partial charge in [0.15, 0.2) is 0 Å². The van der Waals surface area contributed by atoms with Gasteiger partial charge in [0.1, 0.15) is 0 Å². The first kappa shape index (κ1) is 29.3. The third-order valence-electron chi connectivity index (χ3n) is 13.2. The second kappa shape index (κ2) is 11.3. The molecule has 0 unspecified atom stereocenters. The Morgan fingerprint density at radius 2 is 0.941 bits per heavy atom. The Kier molecular flexibility index (Phi) is 6.50. The van der Waals surface area contributed by atoms with E-state index in [4.69, 9.17) is 0 Å². The summed E-state index contributed by atoms with van der Waals surface area (Å²) in [4.78, 5) is 2.40. The van der Waals surface area contributed by atoms with E-state index < -0.39 is 0 Å². The second-order valence-corrected chi connectivity index (χ2v) is 15.8. The van der Waals surface area contributed by atoms with Crippen LogP contribution in [0.15, 0.2) is 164 Å². The normalized spacial score (nSPS) is 23.8. The fourth-order valence-corrected chi connectivity index (χ4v) is 11.4. The predicted octanol–water partition coefficient (Wildman–Crippen LogP) is 13.4. The lowest BCUT2D eigenvalue weighted by Gasteiger charge is -2.61. The van der Waals surface area contributed by atoms with E-state index in [2.05, 4.69) is 169 Å². The lowest BCUT2D eigenvalue weighted by atomic mass is 9.43. The highest BCUT2D eigenvalue weighted by Gasteiger charge is 2.61. The van der Waals surface area contributed by atoms with Gasteiger partial charge in [-0.15, -0.1) is 0 Å². The van der Waals surface area contributed by atoms with Crippen LogP contribution in [0.2, 0.25) is 0 Å². The molecule has 4 fully saturated rings. The van der Waals surface area contributed by atoms with Crippen LogP contribution in [0.3, 0.4) is 0 Å². The van der Waals surface area contributed by atoms with Crippen molar-refractivity contribution in [3.63, 3.8) is 0 Å². The van der Waals surface area contributed by atoms with Crippen LogP contribution in [0.5, 0.6) is 0 Å². The molecular weight excluding hydrogens is 615 g/mol. The molecule has 51 heavy (non-hydrogen) atoms. The Morgan fingerprint density at radius 3 is 1.67 bits per heavy atom. The Morgan fingerprint density at radius 1 is 0.392 bits per heavy atom. The van der Waals surface area contributed by atoms with Crippen molar-refractivity contribution in [2.75, 3.05) is 4.90 Å². The Bertz CT molecular complexity index is 2390. The Balaban J connectivity index is 1.02. The van der Waals surface area contributed by atoms with Crippen LogP contribution in [0.1, 0.15) is 43.2 Å². The van der Waals surface area contributed by atoms with E-state index in [1.165, 1.54) is 76.3 Å². The summed E-state index contributed by atoms with van der Waals surface area (Å²) in [5.74, 6) is 3.45. The molecule has 5 aliphatic carbocycles. The number of hydrogen-bond acceptors (Lipinski definition) is 1. The Labute approximate surface area is 301 Å². The fourth-order valence-electron chi connectivity index (χ4n) is 11.4. The maximum Gasteiger partial charge on any atom is 0.0468 e. The van der Waals surface area contributed by atoms with E-state index in [0.29, 0.717) is 0 Å². The smallest absolute Gasteiger partial charge is 0.0468 e. The number of nitrogens with zero attached hydrogens (tertiary/aromatic N) is 1. The summed E-state index contributed by atoms with van der Waals surface area (Å²) in [7, 11) is 0. The van der Waals surface area contributed by atoms with Gasteiger partial charge in [0, 0.05) is 22.5 Å². The number of fused-ring (bicyclic) bond motifs is 4. The SMILES string of the molecule is c1ccc(-c2ccc(N(c3ccc(-c4cccc5c4-c4ccccc4C54C5CC6CC(C5)CC4C6)cc3)c3ccc4ccccc4c3)cc2)cc1. The maximum atomic E-state index is 2.51. The van der Waals surface area contributed by atoms with Crippen molar-refractivity contribution in [3.05, 3.63) is 175 Å². The van der Waals surface area contributed by atoms with Crippen molar-refractivity contribution in [2.24, 2.45) is 23.7 Å². The van der Waals surface area contributed by atoms with E-state index in [1.807, 2.05) is 0 Å². The quantitative estimate of drug-likeness (QED) is 0.178. The molecule has 0 aromatic heterocycles. The van der Waals surface area contributed by atoms with Crippen LogP contribution in [-0.2, 0) is 5.41 Å². The van der Waals surface area contributed by atoms with Crippen molar-refractivity contribution < 1.29 is 0 Å². The lowest BCUT2D eigenvalue weighted by molar-refractivity contribution is -0.0399. The maximum absolute atomic E-state index is 2.51. The van der Waals surface area contributed by atoms with Crippen LogP contribution in [0.4, 0.5) is 17.1 Å². The van der Waals surface area contributed by atoms with Crippen LogP contribution < -0.4 is 4.90 Å². The molecule has 1 nitrogen and oxygen atoms in total. The molecule has 0 aliphatic heterocycles. The first-order chi connectivity index (χ1) is 25.2. The zero-order chi connectivity index (χ0) is 33.5. The monoisotopic (exact) mass is 655 g/mol. The van der Waals surface area contributed by atoms with Gasteiger partial charge in [0.2, 0.25) is 0 Å². The highest BCUT2D eigenvalue weighted by Crippen LogP contribution is 2.70. The van der Waals surface area contributed by atoms with E-state index >= 15 is 0 Å². The molecule has 12 rings (SSSR count). The molecule has 0 radical (unpaired) electrons. The van der Waals surface area contributed by atoms with Gasteiger partial charge in [-0.05, 0) is 147 Å². The molecule has 4 bridgehead atoms. The molecule has 7 aromatic carbocycles. The fraction of sp³-hybridized carbons (Fsp3) is 0.200. The summed E-state index contributed by atoms with van der Waals surface area (Å²) >= 11 is 0. The highest BCUT2D eigenvalue weighted by atomic mass is 15.1. The third-order valence-corrected chi connectivity index (χ3v) is 13.2. The van der Waals surface area contributed by atoms with Crippen molar-refractivity contribution >= 4 is 27.8 Å². The minimum absolute atomic E-state index is 0.189. The van der Waals surface area contributed by atoms with Crippen LogP contribution in [0.25, 0.3) is 44.2 Å². The number of rotatable bonds is 5. The van der Waals surface area contributed by atoms with Gasteiger partial charge in [-0.1, -0.05) is 127 Å². The van der Waals surface area contributed by atoms with Gasteiger partial charge >= 0.3 is 0 Å². The molecule has 4 saturated carbocycles. The molecule has 5 aliphatic rings. The number of benzene rings is 7. The topological polar surface area (TPSA) is 3.24 Å². The largest absolute Gasteiger partial charge is 0.310 e. The van der Waals surface area contributed by atoms with Crippen molar-refractivity contribution in [2.45, 2.75) is 37.5 Å². The zero-order valence-corrected chi connectivity index (χ0v) is 28.9. The average Bonchev–Trinajstić information content (AvgIpc) is 3.49. The molecule has 1 spiro atoms. The molecule has 1 heteroatoms. The van der Waals surface area contributed by atoms with E-state index in [-0.39, 0.29) is 5.41 Å². The molecule has 7 aromatic rings. The first-order valence-corrected chi connectivity index (χ1v) is 19.0. The summed E-state index contributed by atoms with van der Waals surface area (Å²) in [5.41, 5.74) is 15.0. The first-order valence-electron chi connectivity index (χ1n) is 19.0. The van der Waals surface area contributed by atoms with Gasteiger partial charge in [-0.3, -0.25) is 0 Å². The minimum Gasteiger partial charge on any atom is -0.310 e. The van der Waals surface area contributed by atoms with E-state index in [9.17, 15) is 0 Å². The summed E-state index contributed by atoms with van der Waals surface area (Å²) in [6.07, 6.45) is 7.14. The average molecular weight is 656 g/mol. The van der Waals surface area contributed by atoms with Gasteiger partial charge < -0.3 is 4.90 Å². The number of hydrogen-bond donors (Lipinski definition) is 0. The van der Waals surface area contributed by atoms with Gasteiger partial charge in [-0.2, -0.15) is 0 Å². The molecule has 0 amide bonds. The zero-order valence-electron chi connectivity index (χ0n) is 28.9. The Hall–Kier alpha value is -5.40. The molecule has 246 valence electrons. The van der Waals surface area contributed by atoms with E-state index in [0.717, 1.165) is 40.7 Å².